The fraction of sp³-hybridized carbons (Fsp3) is 0.600. The molecule has 0 spiro atoms. The van der Waals surface area contributed by atoms with Crippen molar-refractivity contribution < 1.29 is 21.6 Å². The Morgan fingerprint density at radius 1 is 1.12 bits per heavy atom. The molecule has 1 aliphatic carbocycles. The van der Waals surface area contributed by atoms with Crippen molar-refractivity contribution in [1.29, 1.82) is 0 Å². The minimum atomic E-state index is -3.66. The van der Waals surface area contributed by atoms with Gasteiger partial charge in [-0.1, -0.05) is 6.42 Å². The van der Waals surface area contributed by atoms with E-state index in [1.54, 1.807) is 7.11 Å². The lowest BCUT2D eigenvalue weighted by Gasteiger charge is -2.41. The van der Waals surface area contributed by atoms with Gasteiger partial charge in [0, 0.05) is 38.9 Å². The van der Waals surface area contributed by atoms with Crippen molar-refractivity contribution in [2.75, 3.05) is 39.1 Å². The van der Waals surface area contributed by atoms with Gasteiger partial charge < -0.3 is 4.74 Å². The van der Waals surface area contributed by atoms with E-state index in [0.29, 0.717) is 18.8 Å². The first-order valence-electron chi connectivity index (χ1n) is 7.89. The van der Waals surface area contributed by atoms with E-state index in [1.807, 2.05) is 0 Å². The molecule has 0 aromatic heterocycles. The monoisotopic (exact) mass is 391 g/mol. The Kier molecular flexibility index (Phi) is 6.10. The third kappa shape index (κ3) is 4.91. The van der Waals surface area contributed by atoms with Crippen molar-refractivity contribution in [2.45, 2.75) is 24.2 Å². The van der Waals surface area contributed by atoms with E-state index in [-0.39, 0.29) is 10.3 Å². The lowest BCUT2D eigenvalue weighted by Crippen LogP contribution is -2.45. The van der Waals surface area contributed by atoms with Crippen LogP contribution in [0.5, 0.6) is 0 Å². The molecule has 2 rings (SSSR count). The maximum Gasteiger partial charge on any atom is 0.301 e. The van der Waals surface area contributed by atoms with E-state index < -0.39 is 20.2 Å². The molecule has 142 valence electrons. The molecule has 1 saturated carbocycles. The average Bonchev–Trinajstić information content (AvgIpc) is 2.50. The second-order valence-electron chi connectivity index (χ2n) is 6.52. The lowest BCUT2D eigenvalue weighted by atomic mass is 9.69. The fourth-order valence-corrected chi connectivity index (χ4v) is 4.40. The Labute approximate surface area is 149 Å². The van der Waals surface area contributed by atoms with Crippen molar-refractivity contribution in [3.63, 3.8) is 0 Å². The highest BCUT2D eigenvalue weighted by atomic mass is 32.2. The van der Waals surface area contributed by atoms with Crippen LogP contribution in [0.2, 0.25) is 0 Å². The van der Waals surface area contributed by atoms with Crippen LogP contribution in [0.4, 0.5) is 5.69 Å². The van der Waals surface area contributed by atoms with Crippen molar-refractivity contribution in [1.82, 2.24) is 9.03 Å². The van der Waals surface area contributed by atoms with Crippen LogP contribution < -0.4 is 9.44 Å². The van der Waals surface area contributed by atoms with Crippen molar-refractivity contribution in [2.24, 2.45) is 5.41 Å². The van der Waals surface area contributed by atoms with E-state index in [4.69, 9.17) is 4.74 Å². The van der Waals surface area contributed by atoms with Gasteiger partial charge >= 0.3 is 10.2 Å². The summed E-state index contributed by atoms with van der Waals surface area (Å²) in [5, 5.41) is 0. The largest absolute Gasteiger partial charge is 0.384 e. The van der Waals surface area contributed by atoms with Gasteiger partial charge in [-0.25, -0.2) is 13.1 Å². The zero-order valence-electron chi connectivity index (χ0n) is 14.6. The summed E-state index contributed by atoms with van der Waals surface area (Å²) in [6.45, 7) is 0.860. The number of hydrogen-bond donors (Lipinski definition) is 2. The summed E-state index contributed by atoms with van der Waals surface area (Å²) in [5.41, 5.74) is 0.172. The lowest BCUT2D eigenvalue weighted by molar-refractivity contribution is 0.0220. The molecular formula is C15H25N3O5S2. The molecule has 0 amide bonds. The van der Waals surface area contributed by atoms with Crippen LogP contribution in [0.3, 0.4) is 0 Å². The minimum Gasteiger partial charge on any atom is -0.384 e. The zero-order valence-corrected chi connectivity index (χ0v) is 16.3. The van der Waals surface area contributed by atoms with Crippen LogP contribution in [0.25, 0.3) is 0 Å². The summed E-state index contributed by atoms with van der Waals surface area (Å²) >= 11 is 0. The predicted octanol–water partition coefficient (Wildman–Crippen LogP) is 1.000. The first-order valence-corrected chi connectivity index (χ1v) is 10.8. The minimum absolute atomic E-state index is 0.0900. The molecule has 0 unspecified atom stereocenters. The molecule has 10 heteroatoms. The van der Waals surface area contributed by atoms with Gasteiger partial charge in [0.1, 0.15) is 0 Å². The number of sulfonamides is 1. The number of benzene rings is 1. The Morgan fingerprint density at radius 2 is 1.72 bits per heavy atom. The summed E-state index contributed by atoms with van der Waals surface area (Å²) in [5.74, 6) is 0. The maximum absolute atomic E-state index is 12.4. The highest BCUT2D eigenvalue weighted by molar-refractivity contribution is 7.90. The SMILES string of the molecule is COCC1(CNS(=O)(=O)c2ccc(NS(=O)(=O)N(C)C)cc2)CCC1. The van der Waals surface area contributed by atoms with Gasteiger partial charge in [0.15, 0.2) is 0 Å². The summed E-state index contributed by atoms with van der Waals surface area (Å²) in [6, 6.07) is 5.59. The van der Waals surface area contributed by atoms with E-state index in [0.717, 1.165) is 23.6 Å². The van der Waals surface area contributed by atoms with Crippen LogP contribution >= 0.6 is 0 Å². The van der Waals surface area contributed by atoms with E-state index in [1.165, 1.54) is 38.4 Å². The summed E-state index contributed by atoms with van der Waals surface area (Å²) < 4.78 is 59.6. The molecule has 8 nitrogen and oxygen atoms in total. The fourth-order valence-electron chi connectivity index (χ4n) is 2.63. The van der Waals surface area contributed by atoms with Gasteiger partial charge in [-0.2, -0.15) is 12.7 Å². The average molecular weight is 392 g/mol. The highest BCUT2D eigenvalue weighted by Crippen LogP contribution is 2.40. The number of hydrogen-bond acceptors (Lipinski definition) is 5. The molecular weight excluding hydrogens is 366 g/mol. The van der Waals surface area contributed by atoms with Gasteiger partial charge in [-0.3, -0.25) is 4.72 Å². The Balaban J connectivity index is 2.05. The smallest absolute Gasteiger partial charge is 0.301 e. The molecule has 0 saturated heterocycles. The van der Waals surface area contributed by atoms with E-state index >= 15 is 0 Å². The summed E-state index contributed by atoms with van der Waals surface area (Å²) in [4.78, 5) is 0.0900. The number of methoxy groups -OCH3 is 1. The molecule has 0 radical (unpaired) electrons. The van der Waals surface area contributed by atoms with Gasteiger partial charge in [-0.15, -0.1) is 0 Å². The first kappa shape index (κ1) is 20.1. The number of anilines is 1. The zero-order chi connectivity index (χ0) is 18.7. The quantitative estimate of drug-likeness (QED) is 0.653. The molecule has 1 aliphatic rings. The van der Waals surface area contributed by atoms with Crippen molar-refractivity contribution in [3.05, 3.63) is 24.3 Å². The molecule has 0 bridgehead atoms. The Hall–Kier alpha value is -1.20. The summed E-state index contributed by atoms with van der Waals surface area (Å²) in [6.07, 6.45) is 2.95. The first-order chi connectivity index (χ1) is 11.6. The standard InChI is InChI=1S/C15H25N3O5S2/c1-18(2)25(21,22)17-13-5-7-14(8-6-13)24(19,20)16-11-15(12-23-3)9-4-10-15/h5-8,16-17H,4,9-12H2,1-3H3. The Morgan fingerprint density at radius 3 is 2.16 bits per heavy atom. The second-order valence-corrected chi connectivity index (χ2v) is 10.2. The highest BCUT2D eigenvalue weighted by Gasteiger charge is 2.38. The van der Waals surface area contributed by atoms with Gasteiger partial charge in [0.05, 0.1) is 11.5 Å². The van der Waals surface area contributed by atoms with Gasteiger partial charge in [-0.05, 0) is 37.1 Å². The van der Waals surface area contributed by atoms with Crippen LogP contribution in [-0.4, -0.2) is 55.5 Å². The maximum atomic E-state index is 12.4. The van der Waals surface area contributed by atoms with E-state index in [9.17, 15) is 16.8 Å². The van der Waals surface area contributed by atoms with Gasteiger partial charge in [0.25, 0.3) is 0 Å². The topological polar surface area (TPSA) is 105 Å². The number of nitrogens with one attached hydrogen (secondary N) is 2. The van der Waals surface area contributed by atoms with E-state index in [2.05, 4.69) is 9.44 Å². The molecule has 0 heterocycles. The number of ether oxygens (including phenoxy) is 1. The molecule has 0 aliphatic heterocycles. The van der Waals surface area contributed by atoms with Crippen LogP contribution in [0.15, 0.2) is 29.2 Å². The second kappa shape index (κ2) is 7.58. The van der Waals surface area contributed by atoms with Crippen LogP contribution in [0.1, 0.15) is 19.3 Å². The summed E-state index contributed by atoms with van der Waals surface area (Å²) in [7, 11) is -2.86. The molecule has 0 atom stereocenters. The van der Waals surface area contributed by atoms with Crippen molar-refractivity contribution in [3.8, 4) is 0 Å². The predicted molar refractivity (Wildman–Crippen MR) is 96.0 cm³/mol. The molecule has 2 N–H and O–H groups in total. The third-order valence-electron chi connectivity index (χ3n) is 4.39. The number of nitrogens with zero attached hydrogens (tertiary/aromatic N) is 1. The third-order valence-corrected chi connectivity index (χ3v) is 7.27. The van der Waals surface area contributed by atoms with Crippen molar-refractivity contribution >= 4 is 25.9 Å². The normalized spacial score (nSPS) is 17.3. The Bertz CT molecular complexity index is 785. The molecule has 1 fully saturated rings. The molecule has 1 aromatic rings. The van der Waals surface area contributed by atoms with Crippen LogP contribution in [-0.2, 0) is 25.0 Å². The van der Waals surface area contributed by atoms with Crippen LogP contribution in [0, 0.1) is 5.41 Å². The molecule has 25 heavy (non-hydrogen) atoms. The van der Waals surface area contributed by atoms with Gasteiger partial charge in [0.2, 0.25) is 10.0 Å². The number of rotatable bonds is 9. The molecule has 1 aromatic carbocycles.